The van der Waals surface area contributed by atoms with Crippen molar-refractivity contribution in [3.8, 4) is 5.75 Å². The Bertz CT molecular complexity index is 1560. The highest BCUT2D eigenvalue weighted by molar-refractivity contribution is 5.95. The lowest BCUT2D eigenvalue weighted by Gasteiger charge is -2.28. The van der Waals surface area contributed by atoms with Gasteiger partial charge in [-0.15, -0.1) is 0 Å². The number of benzene rings is 2. The molecule has 13 heteroatoms. The van der Waals surface area contributed by atoms with Crippen LogP contribution in [0.2, 0.25) is 0 Å². The summed E-state index contributed by atoms with van der Waals surface area (Å²) in [5.74, 6) is 0.333. The van der Waals surface area contributed by atoms with Gasteiger partial charge in [0.2, 0.25) is 0 Å². The molecule has 0 aliphatic carbocycles. The molecule has 0 saturated carbocycles. The molecule has 4 N–H and O–H groups in total. The molecule has 308 valence electrons. The zero-order valence-electron chi connectivity index (χ0n) is 34.0. The van der Waals surface area contributed by atoms with Crippen LogP contribution in [0.5, 0.6) is 5.75 Å². The van der Waals surface area contributed by atoms with E-state index in [4.69, 9.17) is 29.5 Å². The van der Waals surface area contributed by atoms with Crippen LogP contribution in [0, 0.1) is 5.41 Å². The number of unbranched alkanes of at least 4 members (excludes halogenated alkanes) is 5. The summed E-state index contributed by atoms with van der Waals surface area (Å²) in [7, 11) is 3.87. The average molecular weight is 778 g/mol. The van der Waals surface area contributed by atoms with E-state index in [0.29, 0.717) is 70.6 Å². The fourth-order valence-corrected chi connectivity index (χ4v) is 5.98. The summed E-state index contributed by atoms with van der Waals surface area (Å²) in [5, 5.41) is 23.8. The molecule has 13 nitrogen and oxygen atoms in total. The second-order valence-electron chi connectivity index (χ2n) is 14.0. The Morgan fingerprint density at radius 2 is 1.52 bits per heavy atom. The first-order valence-electron chi connectivity index (χ1n) is 20.1. The van der Waals surface area contributed by atoms with E-state index in [1.165, 1.54) is 0 Å². The number of anilines is 1. The largest absolute Gasteiger partial charge is 0.494 e. The first kappa shape index (κ1) is 45.8. The Balaban J connectivity index is 1.25. The molecule has 0 aliphatic rings. The fourth-order valence-electron chi connectivity index (χ4n) is 5.98. The molecule has 1 unspecified atom stereocenters. The maximum Gasteiger partial charge on any atom is 0.303 e. The number of aromatic nitrogens is 2. The molecule has 2 atom stereocenters. The highest BCUT2D eigenvalue weighted by Gasteiger charge is 2.23. The van der Waals surface area contributed by atoms with Gasteiger partial charge in [0.25, 0.3) is 12.2 Å². The molecule has 3 aromatic rings. The van der Waals surface area contributed by atoms with Crippen molar-refractivity contribution >= 4 is 23.4 Å². The number of hydrogen-bond donors (Lipinski definition) is 4. The molecule has 2 aromatic carbocycles. The first-order chi connectivity index (χ1) is 27.2. The van der Waals surface area contributed by atoms with E-state index < -0.39 is 5.97 Å². The van der Waals surface area contributed by atoms with Gasteiger partial charge in [-0.05, 0) is 81.3 Å². The monoisotopic (exact) mass is 777 g/mol. The summed E-state index contributed by atoms with van der Waals surface area (Å²) in [6.45, 7) is 8.61. The Labute approximate surface area is 333 Å². The van der Waals surface area contributed by atoms with Crippen molar-refractivity contribution in [2.45, 2.75) is 90.1 Å². The summed E-state index contributed by atoms with van der Waals surface area (Å²) in [5.41, 5.74) is 3.25. The van der Waals surface area contributed by atoms with E-state index >= 15 is 0 Å². The number of nitrogens with one attached hydrogen (secondary N) is 3. The van der Waals surface area contributed by atoms with E-state index in [2.05, 4.69) is 22.5 Å². The van der Waals surface area contributed by atoms with Gasteiger partial charge in [0.1, 0.15) is 11.6 Å². The number of nitrogens with zero attached hydrogens (tertiary/aromatic N) is 3. The molecule has 0 bridgehead atoms. The van der Waals surface area contributed by atoms with Crippen LogP contribution in [-0.2, 0) is 26.1 Å². The molecular formula is C43H65N6O7+. The molecule has 0 saturated heterocycles. The number of amidine groups is 1. The number of hydrogen-bond acceptors (Lipinski definition) is 9. The van der Waals surface area contributed by atoms with Crippen LogP contribution in [0.3, 0.4) is 0 Å². The molecule has 1 aromatic heterocycles. The van der Waals surface area contributed by atoms with Gasteiger partial charge in [-0.3, -0.25) is 15.0 Å². The van der Waals surface area contributed by atoms with E-state index in [1.54, 1.807) is 12.4 Å². The van der Waals surface area contributed by atoms with Crippen LogP contribution >= 0.6 is 0 Å². The molecule has 56 heavy (non-hydrogen) atoms. The third-order valence-electron chi connectivity index (χ3n) is 9.35. The maximum absolute atomic E-state index is 13.2. The van der Waals surface area contributed by atoms with Gasteiger partial charge in [-0.1, -0.05) is 49.4 Å². The SMILES string of the molecule is CCCC(c1cc[n+](C)cn1)N(C)C(=N)CNc1cccc(C(=O)N[C@H](C)c2ccc(OCCCCCCOCCOCCOCCCCCC(=O)O)cc2)c1. The Hall–Kier alpha value is -4.59. The quantitative estimate of drug-likeness (QED) is 0.0243. The van der Waals surface area contributed by atoms with E-state index in [9.17, 15) is 9.59 Å². The predicted octanol–water partition coefficient (Wildman–Crippen LogP) is 6.89. The van der Waals surface area contributed by atoms with Crippen LogP contribution in [0.15, 0.2) is 67.1 Å². The van der Waals surface area contributed by atoms with Crippen molar-refractivity contribution in [1.29, 1.82) is 5.41 Å². The summed E-state index contributed by atoms with van der Waals surface area (Å²) < 4.78 is 24.5. The number of aryl methyl sites for hydroxylation is 1. The number of carbonyl (C=O) groups excluding carboxylic acids is 1. The van der Waals surface area contributed by atoms with Crippen LogP contribution in [-0.4, -0.2) is 92.5 Å². The lowest BCUT2D eigenvalue weighted by Crippen LogP contribution is -2.36. The topological polar surface area (TPSA) is 159 Å². The molecule has 0 radical (unpaired) electrons. The maximum atomic E-state index is 13.2. The zero-order valence-corrected chi connectivity index (χ0v) is 34.0. The normalized spacial score (nSPS) is 12.1. The van der Waals surface area contributed by atoms with Gasteiger partial charge in [0, 0.05) is 44.0 Å². The van der Waals surface area contributed by atoms with Crippen molar-refractivity contribution < 1.29 is 38.2 Å². The van der Waals surface area contributed by atoms with Crippen molar-refractivity contribution in [3.63, 3.8) is 0 Å². The van der Waals surface area contributed by atoms with Crippen molar-refractivity contribution in [2.24, 2.45) is 7.05 Å². The number of carbonyl (C=O) groups is 2. The summed E-state index contributed by atoms with van der Waals surface area (Å²) in [6, 6.07) is 17.0. The van der Waals surface area contributed by atoms with Crippen molar-refractivity contribution in [3.05, 3.63) is 83.9 Å². The van der Waals surface area contributed by atoms with E-state index in [-0.39, 0.29) is 24.4 Å². The van der Waals surface area contributed by atoms with Crippen molar-refractivity contribution in [1.82, 2.24) is 15.2 Å². The molecule has 0 fully saturated rings. The molecule has 0 spiro atoms. The smallest absolute Gasteiger partial charge is 0.303 e. The Kier molecular flexibility index (Phi) is 22.1. The summed E-state index contributed by atoms with van der Waals surface area (Å²) in [4.78, 5) is 30.2. The van der Waals surface area contributed by atoms with Gasteiger partial charge in [0.05, 0.1) is 64.9 Å². The molecule has 3 rings (SSSR count). The van der Waals surface area contributed by atoms with Gasteiger partial charge in [-0.2, -0.15) is 0 Å². The molecule has 1 heterocycles. The number of ether oxygens (including phenoxy) is 4. The number of likely N-dealkylation sites (N-methyl/N-ethyl adjacent to an activating group) is 1. The zero-order chi connectivity index (χ0) is 40.4. The van der Waals surface area contributed by atoms with Crippen LogP contribution in [0.25, 0.3) is 0 Å². The van der Waals surface area contributed by atoms with Gasteiger partial charge in [-0.25, -0.2) is 4.57 Å². The first-order valence-corrected chi connectivity index (χ1v) is 20.1. The van der Waals surface area contributed by atoms with Gasteiger partial charge < -0.3 is 39.6 Å². The lowest BCUT2D eigenvalue weighted by atomic mass is 10.1. The Morgan fingerprint density at radius 3 is 2.14 bits per heavy atom. The van der Waals surface area contributed by atoms with Crippen molar-refractivity contribution in [2.75, 3.05) is 65.2 Å². The minimum absolute atomic E-state index is 0.00936. The molecule has 0 aliphatic heterocycles. The fraction of sp³-hybridized carbons (Fsp3) is 0.558. The third-order valence-corrected chi connectivity index (χ3v) is 9.35. The second-order valence-corrected chi connectivity index (χ2v) is 14.0. The number of rotatable bonds is 30. The highest BCUT2D eigenvalue weighted by atomic mass is 16.5. The number of carboxylic acid groups (broad SMARTS) is 1. The van der Waals surface area contributed by atoms with Crippen LogP contribution < -0.4 is 19.9 Å². The van der Waals surface area contributed by atoms with E-state index in [0.717, 1.165) is 74.1 Å². The summed E-state index contributed by atoms with van der Waals surface area (Å²) >= 11 is 0. The standard InChI is InChI=1S/C43H64N6O7/c1-5-14-40(39-22-23-48(3)33-46-39)49(4)41(44)32-45-37-16-13-15-36(31-37)43(52)47-34(2)35-18-20-38(21-19-35)56-26-12-7-6-10-24-53-27-29-55-30-28-54-25-11-8-9-17-42(50)51/h13,15-16,18-23,31,33-34,40,44-45H,5-12,14,17,24-30,32H2,1-4H3,(H-,47,50,51,52)/p+1/t34-,40?/m1/s1. The van der Waals surface area contributed by atoms with Gasteiger partial charge in [0.15, 0.2) is 5.69 Å². The minimum Gasteiger partial charge on any atom is -0.494 e. The second kappa shape index (κ2) is 27.1. The van der Waals surface area contributed by atoms with E-state index in [1.807, 2.05) is 85.2 Å². The molecular weight excluding hydrogens is 713 g/mol. The van der Waals surface area contributed by atoms with Crippen LogP contribution in [0.1, 0.15) is 112 Å². The van der Waals surface area contributed by atoms with Crippen LogP contribution in [0.4, 0.5) is 5.69 Å². The molecule has 1 amide bonds. The minimum atomic E-state index is -0.746. The number of carboxylic acids is 1. The third kappa shape index (κ3) is 18.4. The predicted molar refractivity (Wildman–Crippen MR) is 218 cm³/mol. The lowest BCUT2D eigenvalue weighted by molar-refractivity contribution is -0.674. The number of amides is 1. The Morgan fingerprint density at radius 1 is 0.875 bits per heavy atom. The van der Waals surface area contributed by atoms with Gasteiger partial charge >= 0.3 is 5.97 Å². The average Bonchev–Trinajstić information content (AvgIpc) is 3.20. The summed E-state index contributed by atoms with van der Waals surface area (Å²) in [6.07, 6.45) is 12.4. The number of aliphatic carboxylic acids is 1. The highest BCUT2D eigenvalue weighted by Crippen LogP contribution is 2.23.